The normalized spacial score (nSPS) is 13.0. The first-order valence-corrected chi connectivity index (χ1v) is 9.38. The van der Waals surface area contributed by atoms with Gasteiger partial charge in [-0.15, -0.1) is 0 Å². The molecule has 1 aliphatic carbocycles. The number of hydrogen-bond donors (Lipinski definition) is 1. The van der Waals surface area contributed by atoms with Crippen LogP contribution in [0.5, 0.6) is 5.75 Å². The van der Waals surface area contributed by atoms with Crippen molar-refractivity contribution in [3.8, 4) is 17.1 Å². The molecule has 0 radical (unpaired) electrons. The Morgan fingerprint density at radius 3 is 2.59 bits per heavy atom. The van der Waals surface area contributed by atoms with Gasteiger partial charge in [-0.05, 0) is 55.0 Å². The van der Waals surface area contributed by atoms with Crippen LogP contribution in [0.3, 0.4) is 0 Å². The van der Waals surface area contributed by atoms with Crippen LogP contribution in [0.15, 0.2) is 52.9 Å². The van der Waals surface area contributed by atoms with Gasteiger partial charge in [-0.2, -0.15) is 0 Å². The second kappa shape index (κ2) is 7.79. The number of benzene rings is 2. The molecule has 7 heteroatoms. The molecule has 1 aromatic heterocycles. The molecule has 3 aromatic rings. The molecule has 1 N–H and O–H groups in total. The summed E-state index contributed by atoms with van der Waals surface area (Å²) in [5.41, 5.74) is 2.80. The Hall–Kier alpha value is -3.61. The molecule has 1 aliphatic rings. The standard InChI is InChI=1S/C22H19NO6/c24-22(25)19-11-10-18(29-19)17-12-15-8-4-5-9-16(15)20(23(26)27)21(17)28-13-14-6-2-1-3-7-14/h1-3,6-7,10-12H,4-5,8-9,13H2,(H,24,25). The summed E-state index contributed by atoms with van der Waals surface area (Å²) in [6, 6.07) is 14.0. The van der Waals surface area contributed by atoms with Crippen molar-refractivity contribution in [2.45, 2.75) is 32.3 Å². The maximum absolute atomic E-state index is 12.0. The van der Waals surface area contributed by atoms with E-state index in [2.05, 4.69) is 0 Å². The van der Waals surface area contributed by atoms with Gasteiger partial charge >= 0.3 is 11.7 Å². The molecule has 29 heavy (non-hydrogen) atoms. The van der Waals surface area contributed by atoms with Crippen molar-refractivity contribution in [1.82, 2.24) is 0 Å². The fraction of sp³-hybridized carbons (Fsp3) is 0.227. The minimum atomic E-state index is -1.20. The Balaban J connectivity index is 1.86. The van der Waals surface area contributed by atoms with Gasteiger partial charge in [-0.1, -0.05) is 30.3 Å². The highest BCUT2D eigenvalue weighted by Crippen LogP contribution is 2.45. The first-order valence-electron chi connectivity index (χ1n) is 9.38. The summed E-state index contributed by atoms with van der Waals surface area (Å²) in [5.74, 6) is -1.07. The summed E-state index contributed by atoms with van der Waals surface area (Å²) in [6.45, 7) is 0.153. The summed E-state index contributed by atoms with van der Waals surface area (Å²) in [7, 11) is 0. The van der Waals surface area contributed by atoms with Gasteiger partial charge in [0.2, 0.25) is 11.5 Å². The van der Waals surface area contributed by atoms with Crippen molar-refractivity contribution in [3.63, 3.8) is 0 Å². The molecule has 148 valence electrons. The lowest BCUT2D eigenvalue weighted by molar-refractivity contribution is -0.386. The largest absolute Gasteiger partial charge is 0.481 e. The Kier molecular flexibility index (Phi) is 5.03. The number of carbonyl (C=O) groups is 1. The van der Waals surface area contributed by atoms with Crippen LogP contribution < -0.4 is 4.74 Å². The Morgan fingerprint density at radius 2 is 1.90 bits per heavy atom. The number of rotatable bonds is 6. The van der Waals surface area contributed by atoms with E-state index in [1.807, 2.05) is 36.4 Å². The number of aryl methyl sites for hydroxylation is 1. The number of fused-ring (bicyclic) bond motifs is 1. The zero-order valence-corrected chi connectivity index (χ0v) is 15.6. The van der Waals surface area contributed by atoms with Gasteiger partial charge in [-0.25, -0.2) is 4.79 Å². The fourth-order valence-corrected chi connectivity index (χ4v) is 3.71. The smallest absolute Gasteiger partial charge is 0.371 e. The quantitative estimate of drug-likeness (QED) is 0.466. The summed E-state index contributed by atoms with van der Waals surface area (Å²) in [5, 5.41) is 21.2. The van der Waals surface area contributed by atoms with E-state index in [4.69, 9.17) is 14.3 Å². The summed E-state index contributed by atoms with van der Waals surface area (Å²) < 4.78 is 11.4. The van der Waals surface area contributed by atoms with E-state index in [1.165, 1.54) is 12.1 Å². The molecular formula is C22H19NO6. The van der Waals surface area contributed by atoms with Crippen molar-refractivity contribution in [3.05, 3.63) is 81.1 Å². The molecule has 0 atom stereocenters. The van der Waals surface area contributed by atoms with E-state index in [-0.39, 0.29) is 29.6 Å². The van der Waals surface area contributed by atoms with E-state index in [0.717, 1.165) is 30.4 Å². The molecule has 0 amide bonds. The molecule has 2 aromatic carbocycles. The van der Waals surface area contributed by atoms with Gasteiger partial charge in [0.25, 0.3) is 0 Å². The third-order valence-electron chi connectivity index (χ3n) is 5.07. The molecule has 0 saturated heterocycles. The van der Waals surface area contributed by atoms with Crippen LogP contribution in [0.4, 0.5) is 5.69 Å². The van der Waals surface area contributed by atoms with Crippen LogP contribution in [0.2, 0.25) is 0 Å². The average molecular weight is 393 g/mol. The molecule has 7 nitrogen and oxygen atoms in total. The van der Waals surface area contributed by atoms with E-state index in [9.17, 15) is 14.9 Å². The fourth-order valence-electron chi connectivity index (χ4n) is 3.71. The summed E-state index contributed by atoms with van der Waals surface area (Å²) in [6.07, 6.45) is 3.18. The number of nitrogens with zero attached hydrogens (tertiary/aromatic N) is 1. The van der Waals surface area contributed by atoms with Crippen molar-refractivity contribution in [2.75, 3.05) is 0 Å². The number of aromatic carboxylic acids is 1. The first kappa shape index (κ1) is 18.7. The monoisotopic (exact) mass is 393 g/mol. The molecule has 0 bridgehead atoms. The number of nitro benzene ring substituents is 1. The number of nitro groups is 1. The Labute approximate surface area is 166 Å². The predicted molar refractivity (Wildman–Crippen MR) is 105 cm³/mol. The van der Waals surface area contributed by atoms with Crippen LogP contribution in [0.1, 0.15) is 40.1 Å². The Bertz CT molecular complexity index is 1070. The average Bonchev–Trinajstić information content (AvgIpc) is 3.22. The van der Waals surface area contributed by atoms with Crippen LogP contribution in [-0.2, 0) is 19.4 Å². The molecule has 0 aliphatic heterocycles. The number of hydrogen-bond acceptors (Lipinski definition) is 5. The SMILES string of the molecule is O=C(O)c1ccc(-c2cc3c(c([N+](=O)[O-])c2OCc2ccccc2)CCCC3)o1. The van der Waals surface area contributed by atoms with Gasteiger partial charge in [0, 0.05) is 5.56 Å². The maximum Gasteiger partial charge on any atom is 0.371 e. The van der Waals surface area contributed by atoms with E-state index < -0.39 is 10.9 Å². The zero-order chi connectivity index (χ0) is 20.4. The van der Waals surface area contributed by atoms with Crippen LogP contribution in [0.25, 0.3) is 11.3 Å². The molecule has 1 heterocycles. The highest BCUT2D eigenvalue weighted by atomic mass is 16.6. The van der Waals surface area contributed by atoms with E-state index in [1.54, 1.807) is 0 Å². The number of furan rings is 1. The summed E-state index contributed by atoms with van der Waals surface area (Å²) in [4.78, 5) is 22.8. The number of carboxylic acids is 1. The molecule has 0 fully saturated rings. The second-order valence-corrected chi connectivity index (χ2v) is 6.95. The molecule has 4 rings (SSSR count). The van der Waals surface area contributed by atoms with Crippen molar-refractivity contribution in [2.24, 2.45) is 0 Å². The lowest BCUT2D eigenvalue weighted by Crippen LogP contribution is -2.10. The lowest BCUT2D eigenvalue weighted by Gasteiger charge is -2.20. The topological polar surface area (TPSA) is 103 Å². The third-order valence-corrected chi connectivity index (χ3v) is 5.07. The first-order chi connectivity index (χ1) is 14.0. The van der Waals surface area contributed by atoms with Crippen LogP contribution in [-0.4, -0.2) is 16.0 Å². The predicted octanol–water partition coefficient (Wildman–Crippen LogP) is 5.01. The summed E-state index contributed by atoms with van der Waals surface area (Å²) >= 11 is 0. The molecule has 0 saturated carbocycles. The van der Waals surface area contributed by atoms with E-state index in [0.29, 0.717) is 17.5 Å². The van der Waals surface area contributed by atoms with Crippen molar-refractivity contribution < 1.29 is 24.0 Å². The Morgan fingerprint density at radius 1 is 1.14 bits per heavy atom. The van der Waals surface area contributed by atoms with Crippen LogP contribution >= 0.6 is 0 Å². The van der Waals surface area contributed by atoms with Gasteiger partial charge in [0.05, 0.1) is 10.5 Å². The van der Waals surface area contributed by atoms with Crippen molar-refractivity contribution >= 4 is 11.7 Å². The minimum Gasteiger partial charge on any atom is -0.481 e. The van der Waals surface area contributed by atoms with Gasteiger partial charge in [-0.3, -0.25) is 10.1 Å². The highest BCUT2D eigenvalue weighted by molar-refractivity contribution is 5.86. The number of carboxylic acid groups (broad SMARTS) is 1. The van der Waals surface area contributed by atoms with Gasteiger partial charge in [0.1, 0.15) is 12.4 Å². The van der Waals surface area contributed by atoms with E-state index >= 15 is 0 Å². The number of ether oxygens (including phenoxy) is 1. The third kappa shape index (κ3) is 3.71. The highest BCUT2D eigenvalue weighted by Gasteiger charge is 2.31. The molecular weight excluding hydrogens is 374 g/mol. The van der Waals surface area contributed by atoms with Gasteiger partial charge in [0.15, 0.2) is 0 Å². The van der Waals surface area contributed by atoms with Gasteiger partial charge < -0.3 is 14.3 Å². The van der Waals surface area contributed by atoms with Crippen LogP contribution in [0, 0.1) is 10.1 Å². The zero-order valence-electron chi connectivity index (χ0n) is 15.6. The second-order valence-electron chi connectivity index (χ2n) is 6.95. The van der Waals surface area contributed by atoms with Crippen molar-refractivity contribution in [1.29, 1.82) is 0 Å². The maximum atomic E-state index is 12.0. The molecule has 0 unspecified atom stereocenters. The minimum absolute atomic E-state index is 0.0543. The lowest BCUT2D eigenvalue weighted by atomic mass is 9.88. The molecule has 0 spiro atoms.